The molecule has 4 rings (SSSR count). The molecule has 8 nitrogen and oxygen atoms in total. The Kier molecular flexibility index (Phi) is 7.64. The minimum atomic E-state index is -0.100. The van der Waals surface area contributed by atoms with E-state index in [1.807, 2.05) is 71.1 Å². The summed E-state index contributed by atoms with van der Waals surface area (Å²) in [4.78, 5) is 25.0. The van der Waals surface area contributed by atoms with Crippen LogP contribution in [0.4, 0.5) is 5.69 Å². The molecule has 0 saturated heterocycles. The van der Waals surface area contributed by atoms with Crippen molar-refractivity contribution in [2.75, 3.05) is 32.5 Å². The zero-order chi connectivity index (χ0) is 25.8. The van der Waals surface area contributed by atoms with Gasteiger partial charge in [-0.2, -0.15) is 0 Å². The third-order valence-electron chi connectivity index (χ3n) is 6.41. The number of aryl methyl sites for hydroxylation is 3. The molecule has 0 spiro atoms. The third kappa shape index (κ3) is 5.23. The monoisotopic (exact) mass is 486 g/mol. The first-order valence-electron chi connectivity index (χ1n) is 12.3. The molecule has 0 bridgehead atoms. The Morgan fingerprint density at radius 1 is 1.03 bits per heavy atom. The Hall–Kier alpha value is -3.78. The van der Waals surface area contributed by atoms with Gasteiger partial charge in [0.05, 0.1) is 40.4 Å². The number of benzene rings is 1. The molecule has 4 aromatic rings. The van der Waals surface area contributed by atoms with Crippen molar-refractivity contribution in [3.05, 3.63) is 70.2 Å². The van der Waals surface area contributed by atoms with Crippen LogP contribution in [0.15, 0.2) is 40.9 Å². The van der Waals surface area contributed by atoms with Crippen LogP contribution in [0.1, 0.15) is 45.6 Å². The van der Waals surface area contributed by atoms with Gasteiger partial charge in [0.25, 0.3) is 5.91 Å². The number of anilines is 1. The molecule has 0 radical (unpaired) electrons. The Morgan fingerprint density at radius 2 is 1.83 bits per heavy atom. The lowest BCUT2D eigenvalue weighted by Gasteiger charge is -2.18. The van der Waals surface area contributed by atoms with Gasteiger partial charge in [-0.1, -0.05) is 23.7 Å². The molecule has 0 aliphatic carbocycles. The van der Waals surface area contributed by atoms with Gasteiger partial charge in [-0.15, -0.1) is 0 Å². The lowest BCUT2D eigenvalue weighted by molar-refractivity contribution is 0.0784. The largest absolute Gasteiger partial charge is 0.382 e. The quantitative estimate of drug-likeness (QED) is 0.332. The number of nitrogens with zero attached hydrogens (tertiary/aromatic N) is 4. The smallest absolute Gasteiger partial charge is 0.254 e. The van der Waals surface area contributed by atoms with Crippen LogP contribution >= 0.6 is 0 Å². The van der Waals surface area contributed by atoms with Gasteiger partial charge in [0.15, 0.2) is 0 Å². The maximum Gasteiger partial charge on any atom is 0.254 e. The molecule has 0 aliphatic rings. The Labute approximate surface area is 212 Å². The van der Waals surface area contributed by atoms with Crippen molar-refractivity contribution in [3.8, 4) is 11.4 Å². The average Bonchev–Trinajstić information content (AvgIpc) is 3.22. The van der Waals surface area contributed by atoms with Crippen LogP contribution in [0.25, 0.3) is 22.3 Å². The summed E-state index contributed by atoms with van der Waals surface area (Å²) in [6.45, 7) is 10.0. The van der Waals surface area contributed by atoms with Gasteiger partial charge in [0.1, 0.15) is 11.5 Å². The molecule has 8 heteroatoms. The van der Waals surface area contributed by atoms with Gasteiger partial charge in [-0.25, -0.2) is 9.97 Å². The van der Waals surface area contributed by atoms with Crippen LogP contribution in [0.3, 0.4) is 0 Å². The summed E-state index contributed by atoms with van der Waals surface area (Å²) < 4.78 is 5.43. The molecule has 0 saturated carbocycles. The first-order valence-corrected chi connectivity index (χ1v) is 12.3. The Morgan fingerprint density at radius 3 is 2.53 bits per heavy atom. The Bertz CT molecular complexity index is 1390. The van der Waals surface area contributed by atoms with Crippen molar-refractivity contribution >= 4 is 22.5 Å². The number of aromatic nitrogens is 3. The lowest BCUT2D eigenvalue weighted by atomic mass is 10.0. The molecule has 2 N–H and O–H groups in total. The van der Waals surface area contributed by atoms with Crippen molar-refractivity contribution in [1.29, 1.82) is 0 Å². The fraction of sp³-hybridized carbons (Fsp3) is 0.357. The molecule has 3 heterocycles. The number of rotatable bonds is 9. The second-order valence-corrected chi connectivity index (χ2v) is 9.13. The second kappa shape index (κ2) is 10.9. The third-order valence-corrected chi connectivity index (χ3v) is 6.41. The fourth-order valence-corrected chi connectivity index (χ4v) is 4.25. The lowest BCUT2D eigenvalue weighted by Crippen LogP contribution is -2.27. The van der Waals surface area contributed by atoms with Crippen LogP contribution in [0.5, 0.6) is 0 Å². The first-order chi connectivity index (χ1) is 17.3. The van der Waals surface area contributed by atoms with Crippen LogP contribution < -0.4 is 10.6 Å². The molecule has 0 atom stereocenters. The van der Waals surface area contributed by atoms with E-state index in [1.165, 1.54) is 0 Å². The number of fused-ring (bicyclic) bond motifs is 1. The summed E-state index contributed by atoms with van der Waals surface area (Å²) in [5.74, 6) is 0.750. The van der Waals surface area contributed by atoms with E-state index in [4.69, 9.17) is 14.5 Å². The van der Waals surface area contributed by atoms with Crippen molar-refractivity contribution in [2.24, 2.45) is 0 Å². The normalized spacial score (nSPS) is 11.2. The minimum absolute atomic E-state index is 0.100. The fourth-order valence-electron chi connectivity index (χ4n) is 4.25. The molecular formula is C28H34N6O2. The zero-order valence-corrected chi connectivity index (χ0v) is 21.9. The highest BCUT2D eigenvalue weighted by Crippen LogP contribution is 2.28. The number of nitrogens with one attached hydrogen (secondary N) is 2. The van der Waals surface area contributed by atoms with Gasteiger partial charge in [0, 0.05) is 37.5 Å². The predicted molar refractivity (Wildman–Crippen MR) is 143 cm³/mol. The van der Waals surface area contributed by atoms with Gasteiger partial charge in [-0.05, 0) is 58.2 Å². The molecule has 1 amide bonds. The van der Waals surface area contributed by atoms with Crippen molar-refractivity contribution < 1.29 is 9.32 Å². The topological polar surface area (TPSA) is 96.2 Å². The van der Waals surface area contributed by atoms with E-state index in [0.717, 1.165) is 70.1 Å². The highest BCUT2D eigenvalue weighted by atomic mass is 16.5. The minimum Gasteiger partial charge on any atom is -0.382 e. The SMILES string of the molecule is CCc1onc(CN(C)C(=O)c2cc(-c3ccc(NCCNC)c(C)n3)nc3ccc(C)cc23)c1C. The first kappa shape index (κ1) is 25.3. The summed E-state index contributed by atoms with van der Waals surface area (Å²) in [7, 11) is 3.71. The summed E-state index contributed by atoms with van der Waals surface area (Å²) in [5.41, 5.74) is 7.45. The molecule has 188 valence electrons. The predicted octanol–water partition coefficient (Wildman–Crippen LogP) is 4.68. The Balaban J connectivity index is 1.71. The number of carbonyl (C=O) groups is 1. The van der Waals surface area contributed by atoms with Crippen molar-refractivity contribution in [1.82, 2.24) is 25.3 Å². The molecule has 1 aromatic carbocycles. The van der Waals surface area contributed by atoms with E-state index in [9.17, 15) is 4.79 Å². The van der Waals surface area contributed by atoms with E-state index in [-0.39, 0.29) is 5.91 Å². The maximum atomic E-state index is 13.7. The molecule has 0 aliphatic heterocycles. The van der Waals surface area contributed by atoms with Gasteiger partial charge < -0.3 is 20.1 Å². The second-order valence-electron chi connectivity index (χ2n) is 9.13. The molecule has 36 heavy (non-hydrogen) atoms. The zero-order valence-electron chi connectivity index (χ0n) is 21.9. The van der Waals surface area contributed by atoms with Crippen LogP contribution in [0.2, 0.25) is 0 Å². The highest BCUT2D eigenvalue weighted by molar-refractivity contribution is 6.07. The van der Waals surface area contributed by atoms with E-state index >= 15 is 0 Å². The maximum absolute atomic E-state index is 13.7. The summed E-state index contributed by atoms with van der Waals surface area (Å²) >= 11 is 0. The number of amides is 1. The van der Waals surface area contributed by atoms with Crippen molar-refractivity contribution in [3.63, 3.8) is 0 Å². The number of hydrogen-bond donors (Lipinski definition) is 2. The number of pyridine rings is 2. The van der Waals surface area contributed by atoms with E-state index in [1.54, 1.807) is 11.9 Å². The van der Waals surface area contributed by atoms with Gasteiger partial charge in [-0.3, -0.25) is 4.79 Å². The van der Waals surface area contributed by atoms with Crippen LogP contribution in [-0.2, 0) is 13.0 Å². The summed E-state index contributed by atoms with van der Waals surface area (Å²) in [5, 5.41) is 11.5. The van der Waals surface area contributed by atoms with Gasteiger partial charge >= 0.3 is 0 Å². The van der Waals surface area contributed by atoms with Crippen molar-refractivity contribution in [2.45, 2.75) is 40.7 Å². The molecular weight excluding hydrogens is 452 g/mol. The van der Waals surface area contributed by atoms with Gasteiger partial charge in [0.2, 0.25) is 0 Å². The van der Waals surface area contributed by atoms with E-state index in [2.05, 4.69) is 15.8 Å². The van der Waals surface area contributed by atoms with Crippen LogP contribution in [-0.4, -0.2) is 53.1 Å². The number of hydrogen-bond acceptors (Lipinski definition) is 7. The summed E-state index contributed by atoms with van der Waals surface area (Å²) in [6.07, 6.45) is 0.768. The molecule has 0 unspecified atom stereocenters. The summed E-state index contributed by atoms with van der Waals surface area (Å²) in [6, 6.07) is 11.8. The number of likely N-dealkylation sites (N-methyl/N-ethyl adjacent to an activating group) is 1. The van der Waals surface area contributed by atoms with E-state index < -0.39 is 0 Å². The molecule has 3 aromatic heterocycles. The average molecular weight is 487 g/mol. The van der Waals surface area contributed by atoms with Crippen LogP contribution in [0, 0.1) is 20.8 Å². The molecule has 0 fully saturated rings. The van der Waals surface area contributed by atoms with E-state index in [0.29, 0.717) is 17.8 Å². The number of carbonyl (C=O) groups excluding carboxylic acids is 1. The standard InChI is InChI=1S/C28H34N6O2/c1-7-27-18(3)26(33-36-27)16-34(6)28(35)21-15-25(32-23-9-8-17(2)14-20(21)23)24-11-10-22(19(4)31-24)30-13-12-29-5/h8-11,14-15,29-30H,7,12-13,16H2,1-6H3. The highest BCUT2D eigenvalue weighted by Gasteiger charge is 2.21.